The number of aromatic nitrogens is 3. The highest BCUT2D eigenvalue weighted by molar-refractivity contribution is 6.31. The summed E-state index contributed by atoms with van der Waals surface area (Å²) in [5, 5.41) is 8.98. The average molecular weight is 452 g/mol. The molecule has 0 radical (unpaired) electrons. The van der Waals surface area contributed by atoms with Crippen LogP contribution in [0.2, 0.25) is 5.02 Å². The predicted octanol–water partition coefficient (Wildman–Crippen LogP) is 3.91. The van der Waals surface area contributed by atoms with Gasteiger partial charge in [0.2, 0.25) is 0 Å². The normalized spacial score (nSPS) is 15.7. The number of aromatic amines is 1. The van der Waals surface area contributed by atoms with Crippen molar-refractivity contribution < 1.29 is 14.8 Å². The summed E-state index contributed by atoms with van der Waals surface area (Å²) in [6.45, 7) is 5.58. The minimum Gasteiger partial charge on any atom is -0.497 e. The smallest absolute Gasteiger partial charge is 0.153 e. The molecule has 2 aromatic heterocycles. The van der Waals surface area contributed by atoms with Crippen molar-refractivity contribution in [2.24, 2.45) is 0 Å². The number of hydrogen-bond donors (Lipinski definition) is 2. The summed E-state index contributed by atoms with van der Waals surface area (Å²) >= 11 is 6.38. The minimum atomic E-state index is 0.200. The Hall–Kier alpha value is -2.96. The molecule has 1 atom stereocenters. The first-order chi connectivity index (χ1) is 15.5. The van der Waals surface area contributed by atoms with E-state index in [0.29, 0.717) is 6.54 Å². The minimum absolute atomic E-state index is 0.200. The van der Waals surface area contributed by atoms with Crippen molar-refractivity contribution in [1.82, 2.24) is 14.8 Å². The van der Waals surface area contributed by atoms with Crippen molar-refractivity contribution >= 4 is 22.5 Å². The summed E-state index contributed by atoms with van der Waals surface area (Å²) in [7, 11) is 3.42. The Morgan fingerprint density at radius 3 is 2.72 bits per heavy atom. The maximum atomic E-state index is 6.38. The lowest BCUT2D eigenvalue weighted by atomic mass is 9.93. The largest absolute Gasteiger partial charge is 0.497 e. The van der Waals surface area contributed by atoms with E-state index in [9.17, 15) is 0 Å². The molecule has 0 spiro atoms. The highest BCUT2D eigenvalue weighted by Crippen LogP contribution is 2.34. The molecule has 1 aliphatic rings. The van der Waals surface area contributed by atoms with Gasteiger partial charge in [-0.15, -0.1) is 0 Å². The zero-order chi connectivity index (χ0) is 22.4. The second-order valence-corrected chi connectivity index (χ2v) is 8.77. The Labute approximate surface area is 192 Å². The van der Waals surface area contributed by atoms with Gasteiger partial charge < -0.3 is 19.8 Å². The van der Waals surface area contributed by atoms with E-state index in [1.54, 1.807) is 14.2 Å². The molecule has 0 fully saturated rings. The van der Waals surface area contributed by atoms with Crippen molar-refractivity contribution in [3.8, 4) is 11.5 Å². The molecule has 5 rings (SSSR count). The van der Waals surface area contributed by atoms with Crippen LogP contribution in [0.1, 0.15) is 39.8 Å². The van der Waals surface area contributed by atoms with Crippen LogP contribution in [0.15, 0.2) is 36.4 Å². The van der Waals surface area contributed by atoms with Gasteiger partial charge in [0.15, 0.2) is 6.04 Å². The van der Waals surface area contributed by atoms with Crippen LogP contribution in [0, 0.1) is 13.8 Å². The first kappa shape index (κ1) is 20.9. The Balaban J connectivity index is 1.56. The third-order valence-electron chi connectivity index (χ3n) is 6.53. The quantitative estimate of drug-likeness (QED) is 0.483. The standard InChI is InChI=1S/C25H27ClN4O2/c1-14-23(26)15(2)30(29-14)13-17-11-16(5-8-22(17)32-4)24-25-19(9-10-27-24)20-12-18(31-3)6-7-21(20)28-25/h5-8,11-12,24,27-28H,9-10,13H2,1-4H3/p+1/t24-/m1/s1. The molecular weight excluding hydrogens is 424 g/mol. The first-order valence-corrected chi connectivity index (χ1v) is 11.3. The lowest BCUT2D eigenvalue weighted by molar-refractivity contribution is -0.690. The number of quaternary nitrogens is 1. The molecule has 1 aliphatic heterocycles. The zero-order valence-electron chi connectivity index (χ0n) is 18.8. The van der Waals surface area contributed by atoms with Crippen LogP contribution in [-0.4, -0.2) is 35.5 Å². The van der Waals surface area contributed by atoms with Gasteiger partial charge in [-0.1, -0.05) is 11.6 Å². The summed E-state index contributed by atoms with van der Waals surface area (Å²) in [6.07, 6.45) is 1.03. The molecular formula is C25H28ClN4O2+. The Morgan fingerprint density at radius 1 is 1.16 bits per heavy atom. The van der Waals surface area contributed by atoms with Crippen LogP contribution in [-0.2, 0) is 13.0 Å². The van der Waals surface area contributed by atoms with Gasteiger partial charge in [-0.3, -0.25) is 4.68 Å². The van der Waals surface area contributed by atoms with Gasteiger partial charge in [0.05, 0.1) is 49.4 Å². The summed E-state index contributed by atoms with van der Waals surface area (Å²) in [5.74, 6) is 1.75. The third kappa shape index (κ3) is 3.44. The number of hydrogen-bond acceptors (Lipinski definition) is 3. The first-order valence-electron chi connectivity index (χ1n) is 10.9. The maximum Gasteiger partial charge on any atom is 0.153 e. The van der Waals surface area contributed by atoms with E-state index in [-0.39, 0.29) is 6.04 Å². The molecule has 3 N–H and O–H groups in total. The van der Waals surface area contributed by atoms with Gasteiger partial charge >= 0.3 is 0 Å². The van der Waals surface area contributed by atoms with E-state index in [2.05, 4.69) is 45.7 Å². The summed E-state index contributed by atoms with van der Waals surface area (Å²) in [6, 6.07) is 12.9. The number of methoxy groups -OCH3 is 2. The Bertz CT molecular complexity index is 1310. The number of nitrogens with zero attached hydrogens (tertiary/aromatic N) is 2. The highest BCUT2D eigenvalue weighted by atomic mass is 35.5. The van der Waals surface area contributed by atoms with E-state index >= 15 is 0 Å². The number of nitrogens with one attached hydrogen (secondary N) is 1. The number of fused-ring (bicyclic) bond motifs is 3. The van der Waals surface area contributed by atoms with Crippen molar-refractivity contribution in [1.29, 1.82) is 0 Å². The number of halogens is 1. The van der Waals surface area contributed by atoms with Gasteiger partial charge in [0.25, 0.3) is 0 Å². The van der Waals surface area contributed by atoms with Crippen LogP contribution in [0.25, 0.3) is 10.9 Å². The molecule has 0 unspecified atom stereocenters. The molecule has 4 aromatic rings. The van der Waals surface area contributed by atoms with E-state index in [1.807, 2.05) is 24.6 Å². The lowest BCUT2D eigenvalue weighted by Crippen LogP contribution is -2.87. The van der Waals surface area contributed by atoms with E-state index in [0.717, 1.165) is 52.0 Å². The predicted molar refractivity (Wildman–Crippen MR) is 126 cm³/mol. The molecule has 0 saturated carbocycles. The molecule has 0 aliphatic carbocycles. The molecule has 7 heteroatoms. The van der Waals surface area contributed by atoms with Crippen LogP contribution in [0.3, 0.4) is 0 Å². The van der Waals surface area contributed by atoms with Crippen LogP contribution in [0.5, 0.6) is 11.5 Å². The second kappa shape index (κ2) is 8.19. The van der Waals surface area contributed by atoms with Crippen LogP contribution < -0.4 is 14.8 Å². The second-order valence-electron chi connectivity index (χ2n) is 8.39. The lowest BCUT2D eigenvalue weighted by Gasteiger charge is -2.22. The molecule has 2 aromatic carbocycles. The molecule has 32 heavy (non-hydrogen) atoms. The summed E-state index contributed by atoms with van der Waals surface area (Å²) in [5.41, 5.74) is 7.95. The van der Waals surface area contributed by atoms with E-state index in [1.165, 1.54) is 22.2 Å². The van der Waals surface area contributed by atoms with Gasteiger partial charge in [-0.05, 0) is 55.8 Å². The van der Waals surface area contributed by atoms with Crippen molar-refractivity contribution in [2.45, 2.75) is 32.9 Å². The van der Waals surface area contributed by atoms with Crippen LogP contribution in [0.4, 0.5) is 0 Å². The van der Waals surface area contributed by atoms with Gasteiger partial charge in [0.1, 0.15) is 11.5 Å². The van der Waals surface area contributed by atoms with E-state index < -0.39 is 0 Å². The van der Waals surface area contributed by atoms with E-state index in [4.69, 9.17) is 21.1 Å². The number of benzene rings is 2. The van der Waals surface area contributed by atoms with Crippen molar-refractivity contribution in [3.63, 3.8) is 0 Å². The molecule has 166 valence electrons. The fraction of sp³-hybridized carbons (Fsp3) is 0.320. The number of ether oxygens (including phenoxy) is 2. The fourth-order valence-corrected chi connectivity index (χ4v) is 4.97. The Kier molecular flexibility index (Phi) is 5.35. The van der Waals surface area contributed by atoms with Gasteiger partial charge in [0, 0.05) is 28.5 Å². The number of H-pyrrole nitrogens is 1. The zero-order valence-corrected chi connectivity index (χ0v) is 19.6. The number of nitrogens with two attached hydrogens (primary N) is 1. The molecule has 0 bridgehead atoms. The van der Waals surface area contributed by atoms with Crippen molar-refractivity contribution in [2.75, 3.05) is 20.8 Å². The van der Waals surface area contributed by atoms with Gasteiger partial charge in [-0.25, -0.2) is 0 Å². The molecule has 6 nitrogen and oxygen atoms in total. The maximum absolute atomic E-state index is 6.38. The van der Waals surface area contributed by atoms with Crippen LogP contribution >= 0.6 is 11.6 Å². The molecule has 3 heterocycles. The van der Waals surface area contributed by atoms with Gasteiger partial charge in [-0.2, -0.15) is 5.10 Å². The highest BCUT2D eigenvalue weighted by Gasteiger charge is 2.29. The molecule has 0 saturated heterocycles. The molecule has 0 amide bonds. The number of rotatable bonds is 5. The van der Waals surface area contributed by atoms with Crippen molar-refractivity contribution in [3.05, 3.63) is 75.2 Å². The SMILES string of the molecule is COc1ccc2[nH]c3c(c2c1)CC[NH2+][C@@H]3c1ccc(OC)c(Cn2nc(C)c(Cl)c2C)c1. The fourth-order valence-electron chi connectivity index (χ4n) is 4.83. The summed E-state index contributed by atoms with van der Waals surface area (Å²) in [4.78, 5) is 3.68. The Morgan fingerprint density at radius 2 is 2.00 bits per heavy atom. The topological polar surface area (TPSA) is 68.7 Å². The third-order valence-corrected chi connectivity index (χ3v) is 7.08. The average Bonchev–Trinajstić information content (AvgIpc) is 3.30. The summed E-state index contributed by atoms with van der Waals surface area (Å²) < 4.78 is 13.1. The number of aryl methyl sites for hydroxylation is 1. The monoisotopic (exact) mass is 451 g/mol.